The second-order valence-electron chi connectivity index (χ2n) is 6.80. The molecular weight excluding hydrogens is 318 g/mol. The number of piperidine rings is 1. The fourth-order valence-corrected chi connectivity index (χ4v) is 3.00. The summed E-state index contributed by atoms with van der Waals surface area (Å²) in [6.45, 7) is 4.20. The molecule has 0 radical (unpaired) electrons. The van der Waals surface area contributed by atoms with Gasteiger partial charge in [0.2, 0.25) is 5.91 Å². The SMILES string of the molecule is CCNC(=NCC(c1cnn(C)c1)N(C)C)NC1CCC(=O)N(C)C1. The second kappa shape index (κ2) is 8.84. The molecule has 140 valence electrons. The van der Waals surface area contributed by atoms with Gasteiger partial charge in [-0.3, -0.25) is 14.5 Å². The number of nitrogens with one attached hydrogen (secondary N) is 2. The normalized spacial score (nSPS) is 20.1. The van der Waals surface area contributed by atoms with Gasteiger partial charge in [0, 0.05) is 51.4 Å². The average Bonchev–Trinajstić information content (AvgIpc) is 2.97. The molecule has 2 unspecified atom stereocenters. The smallest absolute Gasteiger partial charge is 0.222 e. The summed E-state index contributed by atoms with van der Waals surface area (Å²) in [5.74, 6) is 1.01. The lowest BCUT2D eigenvalue weighted by Gasteiger charge is -2.31. The number of likely N-dealkylation sites (N-methyl/N-ethyl adjacent to an activating group) is 2. The molecule has 2 atom stereocenters. The molecule has 1 amide bonds. The first-order chi connectivity index (χ1) is 11.9. The highest BCUT2D eigenvalue weighted by atomic mass is 16.2. The van der Waals surface area contributed by atoms with E-state index in [4.69, 9.17) is 4.99 Å². The van der Waals surface area contributed by atoms with E-state index in [2.05, 4.69) is 41.7 Å². The molecule has 2 rings (SSSR count). The van der Waals surface area contributed by atoms with E-state index < -0.39 is 0 Å². The molecule has 25 heavy (non-hydrogen) atoms. The zero-order chi connectivity index (χ0) is 18.4. The monoisotopic (exact) mass is 349 g/mol. The molecule has 1 aromatic rings. The van der Waals surface area contributed by atoms with Crippen LogP contribution in [-0.2, 0) is 11.8 Å². The van der Waals surface area contributed by atoms with Crippen molar-refractivity contribution in [3.05, 3.63) is 18.0 Å². The van der Waals surface area contributed by atoms with Crippen LogP contribution < -0.4 is 10.6 Å². The van der Waals surface area contributed by atoms with E-state index in [1.54, 1.807) is 4.90 Å². The number of hydrogen-bond donors (Lipinski definition) is 2. The number of aliphatic imine (C=N–C) groups is 1. The minimum atomic E-state index is 0.166. The van der Waals surface area contributed by atoms with Crippen molar-refractivity contribution in [3.8, 4) is 0 Å². The van der Waals surface area contributed by atoms with E-state index in [1.807, 2.05) is 31.2 Å². The average molecular weight is 349 g/mol. The van der Waals surface area contributed by atoms with Gasteiger partial charge in [0.15, 0.2) is 5.96 Å². The molecule has 1 aromatic heterocycles. The molecular formula is C17H31N7O. The number of likely N-dealkylation sites (tertiary alicyclic amines) is 1. The van der Waals surface area contributed by atoms with Crippen molar-refractivity contribution >= 4 is 11.9 Å². The Morgan fingerprint density at radius 3 is 2.80 bits per heavy atom. The summed E-state index contributed by atoms with van der Waals surface area (Å²) in [7, 11) is 7.88. The van der Waals surface area contributed by atoms with E-state index in [0.717, 1.165) is 24.5 Å². The first-order valence-electron chi connectivity index (χ1n) is 8.84. The molecule has 1 aliphatic heterocycles. The van der Waals surface area contributed by atoms with Gasteiger partial charge in [0.1, 0.15) is 0 Å². The summed E-state index contributed by atoms with van der Waals surface area (Å²) in [6.07, 6.45) is 5.35. The van der Waals surface area contributed by atoms with Gasteiger partial charge >= 0.3 is 0 Å². The Morgan fingerprint density at radius 2 is 2.24 bits per heavy atom. The van der Waals surface area contributed by atoms with Crippen LogP contribution in [0.1, 0.15) is 31.4 Å². The van der Waals surface area contributed by atoms with E-state index >= 15 is 0 Å². The van der Waals surface area contributed by atoms with E-state index in [-0.39, 0.29) is 18.0 Å². The molecule has 8 nitrogen and oxygen atoms in total. The minimum Gasteiger partial charge on any atom is -0.357 e. The third-order valence-electron chi connectivity index (χ3n) is 4.47. The van der Waals surface area contributed by atoms with Crippen molar-refractivity contribution in [2.75, 3.05) is 40.8 Å². The topological polar surface area (TPSA) is 77.8 Å². The molecule has 2 N–H and O–H groups in total. The fourth-order valence-electron chi connectivity index (χ4n) is 3.00. The Hall–Kier alpha value is -2.09. The lowest BCUT2D eigenvalue weighted by molar-refractivity contribution is -0.132. The molecule has 0 bridgehead atoms. The molecule has 0 saturated carbocycles. The zero-order valence-electron chi connectivity index (χ0n) is 16.0. The predicted molar refractivity (Wildman–Crippen MR) is 99.4 cm³/mol. The van der Waals surface area contributed by atoms with Crippen LogP contribution in [0.15, 0.2) is 17.4 Å². The van der Waals surface area contributed by atoms with Gasteiger partial charge in [-0.05, 0) is 27.4 Å². The second-order valence-corrected chi connectivity index (χ2v) is 6.80. The maximum Gasteiger partial charge on any atom is 0.222 e. The number of carbonyl (C=O) groups excluding carboxylic acids is 1. The van der Waals surface area contributed by atoms with Gasteiger partial charge in [-0.25, -0.2) is 0 Å². The maximum atomic E-state index is 11.6. The molecule has 1 fully saturated rings. The van der Waals surface area contributed by atoms with Gasteiger partial charge in [-0.15, -0.1) is 0 Å². The van der Waals surface area contributed by atoms with E-state index in [1.165, 1.54) is 0 Å². The van der Waals surface area contributed by atoms with Gasteiger partial charge in [0.05, 0.1) is 18.8 Å². The largest absolute Gasteiger partial charge is 0.357 e. The van der Waals surface area contributed by atoms with Gasteiger partial charge < -0.3 is 20.4 Å². The van der Waals surface area contributed by atoms with Crippen molar-refractivity contribution in [1.29, 1.82) is 0 Å². The Kier molecular flexibility index (Phi) is 6.81. The molecule has 0 aromatic carbocycles. The first-order valence-corrected chi connectivity index (χ1v) is 8.84. The van der Waals surface area contributed by atoms with Crippen molar-refractivity contribution in [3.63, 3.8) is 0 Å². The zero-order valence-corrected chi connectivity index (χ0v) is 16.0. The van der Waals surface area contributed by atoms with Gasteiger partial charge in [-0.2, -0.15) is 5.10 Å². The summed E-state index contributed by atoms with van der Waals surface area (Å²) >= 11 is 0. The predicted octanol–water partition coefficient (Wildman–Crippen LogP) is 0.199. The van der Waals surface area contributed by atoms with Crippen LogP contribution in [0.4, 0.5) is 0 Å². The molecule has 8 heteroatoms. The summed E-state index contributed by atoms with van der Waals surface area (Å²) in [5, 5.41) is 11.0. The summed E-state index contributed by atoms with van der Waals surface area (Å²) in [4.78, 5) is 20.3. The Morgan fingerprint density at radius 1 is 1.48 bits per heavy atom. The maximum absolute atomic E-state index is 11.6. The lowest BCUT2D eigenvalue weighted by atomic mass is 10.1. The summed E-state index contributed by atoms with van der Waals surface area (Å²) < 4.78 is 1.81. The third-order valence-corrected chi connectivity index (χ3v) is 4.47. The van der Waals surface area contributed by atoms with Gasteiger partial charge in [-0.1, -0.05) is 0 Å². The molecule has 1 saturated heterocycles. The third kappa shape index (κ3) is 5.45. The van der Waals surface area contributed by atoms with Crippen molar-refractivity contribution in [2.24, 2.45) is 12.0 Å². The highest BCUT2D eigenvalue weighted by Gasteiger charge is 2.23. The van der Waals surface area contributed by atoms with Crippen LogP contribution in [0.3, 0.4) is 0 Å². The van der Waals surface area contributed by atoms with E-state index in [0.29, 0.717) is 19.5 Å². The van der Waals surface area contributed by atoms with Crippen LogP contribution >= 0.6 is 0 Å². The van der Waals surface area contributed by atoms with Crippen molar-refractivity contribution < 1.29 is 4.79 Å². The van der Waals surface area contributed by atoms with Crippen molar-refractivity contribution in [1.82, 2.24) is 30.2 Å². The summed E-state index contributed by atoms with van der Waals surface area (Å²) in [6, 6.07) is 0.400. The highest BCUT2D eigenvalue weighted by Crippen LogP contribution is 2.17. The quantitative estimate of drug-likeness (QED) is 0.567. The molecule has 0 spiro atoms. The lowest BCUT2D eigenvalue weighted by Crippen LogP contribution is -2.51. The van der Waals surface area contributed by atoms with Crippen LogP contribution in [0.2, 0.25) is 0 Å². The molecule has 2 heterocycles. The van der Waals surface area contributed by atoms with Crippen LogP contribution in [0.5, 0.6) is 0 Å². The van der Waals surface area contributed by atoms with Crippen LogP contribution in [-0.4, -0.2) is 78.3 Å². The number of carbonyl (C=O) groups is 1. The van der Waals surface area contributed by atoms with Crippen LogP contribution in [0.25, 0.3) is 0 Å². The Bertz CT molecular complexity index is 596. The summed E-state index contributed by atoms with van der Waals surface area (Å²) in [5.41, 5.74) is 1.15. The molecule has 1 aliphatic rings. The number of nitrogens with zero attached hydrogens (tertiary/aromatic N) is 5. The highest BCUT2D eigenvalue weighted by molar-refractivity contribution is 5.81. The number of aromatic nitrogens is 2. The molecule has 0 aliphatic carbocycles. The first kappa shape index (κ1) is 19.2. The Labute approximate surface area is 150 Å². The number of hydrogen-bond acceptors (Lipinski definition) is 4. The Balaban J connectivity index is 2.03. The van der Waals surface area contributed by atoms with Gasteiger partial charge in [0.25, 0.3) is 0 Å². The van der Waals surface area contributed by atoms with E-state index in [9.17, 15) is 4.79 Å². The standard InChI is InChI=1S/C17H31N7O/c1-6-18-17(21-14-7-8-16(25)23(4)12-14)19-10-15(22(2)3)13-9-20-24(5)11-13/h9,11,14-15H,6-8,10,12H2,1-5H3,(H2,18,19,21). The number of amides is 1. The fraction of sp³-hybridized carbons (Fsp3) is 0.706. The van der Waals surface area contributed by atoms with Crippen LogP contribution in [0, 0.1) is 0 Å². The minimum absolute atomic E-state index is 0.166. The number of guanidine groups is 1. The number of aryl methyl sites for hydroxylation is 1. The number of rotatable bonds is 6. The van der Waals surface area contributed by atoms with Crippen molar-refractivity contribution in [2.45, 2.75) is 31.8 Å².